The minimum absolute atomic E-state index is 0.696. The summed E-state index contributed by atoms with van der Waals surface area (Å²) in [5, 5.41) is 7.02. The number of nitrogens with zero attached hydrogens (tertiary/aromatic N) is 4. The lowest BCUT2D eigenvalue weighted by atomic mass is 10.0. The normalized spacial score (nSPS) is 13.6. The van der Waals surface area contributed by atoms with Crippen LogP contribution in [-0.2, 0) is 0 Å². The van der Waals surface area contributed by atoms with Gasteiger partial charge in [0.2, 0.25) is 0 Å². The summed E-state index contributed by atoms with van der Waals surface area (Å²) in [6, 6.07) is 66.5. The quantitative estimate of drug-likeness (QED) is 0.176. The number of aromatic nitrogens is 2. The van der Waals surface area contributed by atoms with Crippen LogP contribution in [0.25, 0.3) is 88.1 Å². The van der Waals surface area contributed by atoms with Crippen LogP contribution in [0.4, 0.5) is 0 Å². The number of fused-ring (bicyclic) bond motifs is 10. The van der Waals surface area contributed by atoms with Crippen LogP contribution in [0.1, 0.15) is 24.0 Å². The number of allylic oxidation sites excluding steroid dienone is 1. The number of amidine groups is 1. The number of hydrogen-bond donors (Lipinski definition) is 0. The third-order valence-electron chi connectivity index (χ3n) is 11.8. The standard InChI is InChI=1S/C54H36N4O/c1-3-16-35(17-4-1)46-27-15-31-50(56-54(55-46)36-18-5-2-6-19-36)58-48-29-11-8-23-41(48)44-33-32-43-40-22-7-10-28-47(40)57(51(43)52(44)58)38-21-13-20-37(34-38)39-25-14-26-45-42-24-9-12-30-49(42)59-53(39)45/h1-14,16-30,32-34H,15,31H2. The monoisotopic (exact) mass is 756 g/mol. The van der Waals surface area contributed by atoms with Gasteiger partial charge in [-0.25, -0.2) is 9.98 Å². The minimum atomic E-state index is 0.696. The predicted molar refractivity (Wildman–Crippen MR) is 246 cm³/mol. The number of furan rings is 1. The third kappa shape index (κ3) is 5.32. The van der Waals surface area contributed by atoms with Gasteiger partial charge in [-0.15, -0.1) is 0 Å². The maximum Gasteiger partial charge on any atom is 0.161 e. The van der Waals surface area contributed by atoms with Crippen LogP contribution in [0.2, 0.25) is 0 Å². The van der Waals surface area contributed by atoms with Crippen molar-refractivity contribution in [2.45, 2.75) is 12.8 Å². The first-order valence-electron chi connectivity index (χ1n) is 20.2. The molecule has 0 saturated carbocycles. The average molecular weight is 757 g/mol. The Morgan fingerprint density at radius 1 is 0.441 bits per heavy atom. The van der Waals surface area contributed by atoms with Gasteiger partial charge in [0.15, 0.2) is 5.84 Å². The Morgan fingerprint density at radius 2 is 1.03 bits per heavy atom. The van der Waals surface area contributed by atoms with Crippen molar-refractivity contribution in [1.29, 1.82) is 0 Å². The van der Waals surface area contributed by atoms with Crippen molar-refractivity contribution in [1.82, 2.24) is 9.13 Å². The highest BCUT2D eigenvalue weighted by molar-refractivity contribution is 6.26. The number of hydrogen-bond acceptors (Lipinski definition) is 3. The second-order valence-corrected chi connectivity index (χ2v) is 15.2. The lowest BCUT2D eigenvalue weighted by Gasteiger charge is -2.17. The van der Waals surface area contributed by atoms with E-state index in [9.17, 15) is 0 Å². The van der Waals surface area contributed by atoms with Gasteiger partial charge in [0.05, 0.1) is 27.8 Å². The first-order valence-corrected chi connectivity index (χ1v) is 20.2. The molecule has 0 spiro atoms. The summed E-state index contributed by atoms with van der Waals surface area (Å²) in [6.07, 6.45) is 3.78. The second-order valence-electron chi connectivity index (χ2n) is 15.2. The van der Waals surface area contributed by atoms with E-state index in [1.807, 2.05) is 24.3 Å². The largest absolute Gasteiger partial charge is 0.455 e. The summed E-state index contributed by atoms with van der Waals surface area (Å²) < 4.78 is 11.4. The SMILES string of the molecule is C1=C(c2ccccc2)N=C(c2ccccc2)N=C(n2c3ccccc3c3ccc4c5ccccc5n(-c5cccc(-c6cccc7c6oc6ccccc67)c5)c4c32)CC1. The third-order valence-corrected chi connectivity index (χ3v) is 11.8. The Morgan fingerprint density at radius 3 is 1.80 bits per heavy atom. The molecule has 0 bridgehead atoms. The lowest BCUT2D eigenvalue weighted by Crippen LogP contribution is -2.16. The fourth-order valence-electron chi connectivity index (χ4n) is 9.19. The van der Waals surface area contributed by atoms with Crippen LogP contribution in [0.15, 0.2) is 209 Å². The molecule has 0 unspecified atom stereocenters. The number of aliphatic imine (C=N–C) groups is 2. The van der Waals surface area contributed by atoms with Gasteiger partial charge in [0.25, 0.3) is 0 Å². The van der Waals surface area contributed by atoms with E-state index in [1.165, 1.54) is 21.5 Å². The van der Waals surface area contributed by atoms with Gasteiger partial charge < -0.3 is 8.98 Å². The van der Waals surface area contributed by atoms with Crippen molar-refractivity contribution in [2.75, 3.05) is 0 Å². The molecule has 11 aromatic rings. The van der Waals surface area contributed by atoms with Crippen molar-refractivity contribution >= 4 is 82.9 Å². The van der Waals surface area contributed by atoms with Gasteiger partial charge in [0, 0.05) is 55.6 Å². The van der Waals surface area contributed by atoms with E-state index in [2.05, 4.69) is 179 Å². The van der Waals surface area contributed by atoms with Gasteiger partial charge in [-0.05, 0) is 47.9 Å². The van der Waals surface area contributed by atoms with Crippen molar-refractivity contribution in [2.24, 2.45) is 9.98 Å². The molecule has 0 saturated heterocycles. The molecule has 59 heavy (non-hydrogen) atoms. The zero-order valence-corrected chi connectivity index (χ0v) is 32.1. The Kier molecular flexibility index (Phi) is 7.60. The molecule has 0 atom stereocenters. The van der Waals surface area contributed by atoms with Crippen LogP contribution in [-0.4, -0.2) is 20.8 Å². The lowest BCUT2D eigenvalue weighted by molar-refractivity contribution is 0.670. The van der Waals surface area contributed by atoms with E-state index in [0.717, 1.165) is 96.3 Å². The average Bonchev–Trinajstić information content (AvgIpc) is 3.95. The smallest absolute Gasteiger partial charge is 0.161 e. The molecule has 0 N–H and O–H groups in total. The number of para-hydroxylation sites is 4. The molecule has 0 fully saturated rings. The highest BCUT2D eigenvalue weighted by Gasteiger charge is 2.24. The number of rotatable bonds is 4. The summed E-state index contributed by atoms with van der Waals surface area (Å²) in [4.78, 5) is 10.9. The Bertz CT molecular complexity index is 3540. The van der Waals surface area contributed by atoms with Crippen molar-refractivity contribution in [3.05, 3.63) is 205 Å². The van der Waals surface area contributed by atoms with E-state index in [1.54, 1.807) is 0 Å². The van der Waals surface area contributed by atoms with Gasteiger partial charge >= 0.3 is 0 Å². The summed E-state index contributed by atoms with van der Waals surface area (Å²) in [5.74, 6) is 1.65. The highest BCUT2D eigenvalue weighted by Crippen LogP contribution is 2.42. The van der Waals surface area contributed by atoms with Gasteiger partial charge in [0.1, 0.15) is 17.0 Å². The summed E-state index contributed by atoms with van der Waals surface area (Å²) in [6.45, 7) is 0. The predicted octanol–water partition coefficient (Wildman–Crippen LogP) is 14.0. The molecule has 0 amide bonds. The molecule has 278 valence electrons. The highest BCUT2D eigenvalue weighted by atomic mass is 16.3. The number of benzene rings is 8. The molecule has 1 aliphatic heterocycles. The minimum Gasteiger partial charge on any atom is -0.455 e. The molecular weight excluding hydrogens is 721 g/mol. The molecule has 3 aromatic heterocycles. The first kappa shape index (κ1) is 33.4. The molecule has 5 heteroatoms. The Balaban J connectivity index is 1.14. The van der Waals surface area contributed by atoms with Crippen molar-refractivity contribution in [3.8, 4) is 16.8 Å². The van der Waals surface area contributed by atoms with Crippen LogP contribution in [0, 0.1) is 0 Å². The van der Waals surface area contributed by atoms with Gasteiger partial charge in [-0.3, -0.25) is 4.57 Å². The zero-order valence-electron chi connectivity index (χ0n) is 32.1. The van der Waals surface area contributed by atoms with E-state index in [0.29, 0.717) is 5.84 Å². The van der Waals surface area contributed by atoms with Crippen LogP contribution in [0.5, 0.6) is 0 Å². The van der Waals surface area contributed by atoms with Gasteiger partial charge in [-0.1, -0.05) is 164 Å². The maximum absolute atomic E-state index is 6.54. The topological polar surface area (TPSA) is 47.7 Å². The molecule has 0 aliphatic carbocycles. The fourth-order valence-corrected chi connectivity index (χ4v) is 9.19. The van der Waals surface area contributed by atoms with Gasteiger partial charge in [-0.2, -0.15) is 0 Å². The van der Waals surface area contributed by atoms with Crippen LogP contribution < -0.4 is 0 Å². The molecule has 5 nitrogen and oxygen atoms in total. The van der Waals surface area contributed by atoms with E-state index >= 15 is 0 Å². The Hall–Kier alpha value is -7.76. The zero-order chi connectivity index (χ0) is 38.9. The van der Waals surface area contributed by atoms with Crippen molar-refractivity contribution in [3.63, 3.8) is 0 Å². The van der Waals surface area contributed by atoms with E-state index in [4.69, 9.17) is 14.4 Å². The summed E-state index contributed by atoms with van der Waals surface area (Å²) >= 11 is 0. The molecule has 4 heterocycles. The van der Waals surface area contributed by atoms with E-state index < -0.39 is 0 Å². The van der Waals surface area contributed by atoms with Crippen LogP contribution >= 0.6 is 0 Å². The first-order chi connectivity index (χ1) is 29.3. The molecule has 1 aliphatic rings. The maximum atomic E-state index is 6.54. The molecule has 12 rings (SSSR count). The fraction of sp³-hybridized carbons (Fsp3) is 0.0370. The van der Waals surface area contributed by atoms with Crippen molar-refractivity contribution < 1.29 is 4.42 Å². The van der Waals surface area contributed by atoms with Crippen LogP contribution in [0.3, 0.4) is 0 Å². The molecule has 8 aromatic carbocycles. The molecular formula is C54H36N4O. The second kappa shape index (κ2) is 13.4. The summed E-state index contributed by atoms with van der Waals surface area (Å²) in [5.41, 5.74) is 12.6. The summed E-state index contributed by atoms with van der Waals surface area (Å²) in [7, 11) is 0. The molecule has 0 radical (unpaired) electrons. The van der Waals surface area contributed by atoms with E-state index in [-0.39, 0.29) is 0 Å². The Labute approximate surface area is 340 Å².